The molecular formula is C13H18N2O3. The average molecular weight is 250 g/mol. The number of amides is 2. The second-order valence-electron chi connectivity index (χ2n) is 3.91. The van der Waals surface area contributed by atoms with Crippen molar-refractivity contribution in [2.75, 3.05) is 6.54 Å². The van der Waals surface area contributed by atoms with Crippen LogP contribution < -0.4 is 5.73 Å². The molecule has 2 amide bonds. The molecule has 0 saturated carbocycles. The molecule has 5 heteroatoms. The maximum Gasteiger partial charge on any atom is 0.416 e. The van der Waals surface area contributed by atoms with Crippen molar-refractivity contribution in [3.05, 3.63) is 35.9 Å². The molecule has 0 saturated heterocycles. The van der Waals surface area contributed by atoms with E-state index in [1.54, 1.807) is 6.92 Å². The van der Waals surface area contributed by atoms with Gasteiger partial charge in [0.25, 0.3) is 0 Å². The lowest BCUT2D eigenvalue weighted by Crippen LogP contribution is -2.45. The van der Waals surface area contributed by atoms with Gasteiger partial charge in [0.2, 0.25) is 5.91 Å². The first-order valence-corrected chi connectivity index (χ1v) is 5.84. The summed E-state index contributed by atoms with van der Waals surface area (Å²) >= 11 is 0. The predicted octanol–water partition coefficient (Wildman–Crippen LogP) is 1.52. The van der Waals surface area contributed by atoms with Crippen LogP contribution in [-0.4, -0.2) is 29.5 Å². The Balaban J connectivity index is 2.56. The standard InChI is InChI=1S/C13H18N2O3/c1-3-15(12(16)10(2)14)13(17)18-9-11-7-5-4-6-8-11/h4-8,10H,3,9,14H2,1-2H3/t10-/m0/s1. The Bertz CT molecular complexity index is 404. The fourth-order valence-corrected chi connectivity index (χ4v) is 1.42. The third-order valence-corrected chi connectivity index (χ3v) is 2.40. The van der Waals surface area contributed by atoms with Crippen LogP contribution in [0.1, 0.15) is 19.4 Å². The number of benzene rings is 1. The molecule has 0 aromatic heterocycles. The molecule has 0 aliphatic heterocycles. The summed E-state index contributed by atoms with van der Waals surface area (Å²) in [7, 11) is 0. The molecule has 0 radical (unpaired) electrons. The first-order chi connectivity index (χ1) is 8.56. The maximum atomic E-state index is 11.7. The summed E-state index contributed by atoms with van der Waals surface area (Å²) in [6.45, 7) is 3.62. The van der Waals surface area contributed by atoms with Crippen LogP contribution in [0.15, 0.2) is 30.3 Å². The van der Waals surface area contributed by atoms with Gasteiger partial charge in [-0.05, 0) is 19.4 Å². The number of carbonyl (C=O) groups excluding carboxylic acids is 2. The highest BCUT2D eigenvalue weighted by Crippen LogP contribution is 2.04. The van der Waals surface area contributed by atoms with Crippen molar-refractivity contribution in [3.8, 4) is 0 Å². The van der Waals surface area contributed by atoms with E-state index in [0.717, 1.165) is 10.5 Å². The fraction of sp³-hybridized carbons (Fsp3) is 0.385. The number of likely N-dealkylation sites (N-methyl/N-ethyl adjacent to an activating group) is 1. The number of ether oxygens (including phenoxy) is 1. The minimum Gasteiger partial charge on any atom is -0.444 e. The zero-order valence-corrected chi connectivity index (χ0v) is 10.6. The third-order valence-electron chi connectivity index (χ3n) is 2.40. The summed E-state index contributed by atoms with van der Waals surface area (Å²) in [4.78, 5) is 24.4. The second-order valence-corrected chi connectivity index (χ2v) is 3.91. The summed E-state index contributed by atoms with van der Waals surface area (Å²) in [5, 5.41) is 0. The van der Waals surface area contributed by atoms with Gasteiger partial charge in [0.15, 0.2) is 0 Å². The third kappa shape index (κ3) is 3.85. The van der Waals surface area contributed by atoms with Crippen molar-refractivity contribution in [3.63, 3.8) is 0 Å². The van der Waals surface area contributed by atoms with E-state index < -0.39 is 18.0 Å². The number of hydrogen-bond acceptors (Lipinski definition) is 4. The summed E-state index contributed by atoms with van der Waals surface area (Å²) in [6.07, 6.45) is -0.663. The second kappa shape index (κ2) is 6.76. The monoisotopic (exact) mass is 250 g/mol. The molecule has 0 fully saturated rings. The summed E-state index contributed by atoms with van der Waals surface area (Å²) < 4.78 is 5.06. The smallest absolute Gasteiger partial charge is 0.416 e. The van der Waals surface area contributed by atoms with Gasteiger partial charge in [-0.3, -0.25) is 4.79 Å². The van der Waals surface area contributed by atoms with E-state index in [-0.39, 0.29) is 13.2 Å². The summed E-state index contributed by atoms with van der Waals surface area (Å²) in [6, 6.07) is 8.56. The maximum absolute atomic E-state index is 11.7. The molecule has 1 atom stereocenters. The van der Waals surface area contributed by atoms with Gasteiger partial charge in [0.1, 0.15) is 6.61 Å². The highest BCUT2D eigenvalue weighted by atomic mass is 16.6. The van der Waals surface area contributed by atoms with Crippen molar-refractivity contribution >= 4 is 12.0 Å². The zero-order valence-electron chi connectivity index (χ0n) is 10.6. The lowest BCUT2D eigenvalue weighted by molar-refractivity contribution is -0.130. The molecule has 5 nitrogen and oxygen atoms in total. The zero-order chi connectivity index (χ0) is 13.5. The van der Waals surface area contributed by atoms with Gasteiger partial charge in [-0.25, -0.2) is 9.69 Å². The summed E-state index contributed by atoms with van der Waals surface area (Å²) in [5.74, 6) is -0.435. The Morgan fingerprint density at radius 3 is 2.44 bits per heavy atom. The van der Waals surface area contributed by atoms with E-state index in [0.29, 0.717) is 0 Å². The molecule has 2 N–H and O–H groups in total. The molecule has 18 heavy (non-hydrogen) atoms. The lowest BCUT2D eigenvalue weighted by Gasteiger charge is -2.20. The highest BCUT2D eigenvalue weighted by Gasteiger charge is 2.23. The SMILES string of the molecule is CCN(C(=O)OCc1ccccc1)C(=O)[C@H](C)N. The van der Waals surface area contributed by atoms with Crippen molar-refractivity contribution in [1.29, 1.82) is 0 Å². The van der Waals surface area contributed by atoms with Crippen LogP contribution in [0.4, 0.5) is 4.79 Å². The Kier molecular flexibility index (Phi) is 5.32. The van der Waals surface area contributed by atoms with Crippen molar-refractivity contribution in [2.24, 2.45) is 5.73 Å². The van der Waals surface area contributed by atoms with Crippen LogP contribution >= 0.6 is 0 Å². The van der Waals surface area contributed by atoms with Gasteiger partial charge in [-0.1, -0.05) is 30.3 Å². The topological polar surface area (TPSA) is 72.6 Å². The van der Waals surface area contributed by atoms with E-state index >= 15 is 0 Å². The van der Waals surface area contributed by atoms with Crippen LogP contribution in [0.2, 0.25) is 0 Å². The van der Waals surface area contributed by atoms with Crippen molar-refractivity contribution in [1.82, 2.24) is 4.90 Å². The molecular weight excluding hydrogens is 232 g/mol. The van der Waals surface area contributed by atoms with Gasteiger partial charge in [0.05, 0.1) is 6.04 Å². The first-order valence-electron chi connectivity index (χ1n) is 5.84. The summed E-state index contributed by atoms with van der Waals surface area (Å²) in [5.41, 5.74) is 6.33. The van der Waals surface area contributed by atoms with E-state index in [1.807, 2.05) is 30.3 Å². The van der Waals surface area contributed by atoms with Crippen molar-refractivity contribution < 1.29 is 14.3 Å². The van der Waals surface area contributed by atoms with E-state index in [2.05, 4.69) is 0 Å². The van der Waals surface area contributed by atoms with Crippen LogP contribution in [0.3, 0.4) is 0 Å². The molecule has 1 rings (SSSR count). The number of carbonyl (C=O) groups is 2. The molecule has 1 aromatic rings. The predicted molar refractivity (Wildman–Crippen MR) is 67.7 cm³/mol. The van der Waals surface area contributed by atoms with Gasteiger partial charge < -0.3 is 10.5 Å². The number of hydrogen-bond donors (Lipinski definition) is 1. The Labute approximate surface area is 107 Å². The van der Waals surface area contributed by atoms with Gasteiger partial charge in [-0.2, -0.15) is 0 Å². The molecule has 0 aliphatic carbocycles. The molecule has 0 unspecified atom stereocenters. The Morgan fingerprint density at radius 1 is 1.33 bits per heavy atom. The highest BCUT2D eigenvalue weighted by molar-refractivity contribution is 5.94. The molecule has 0 heterocycles. The Morgan fingerprint density at radius 2 is 1.94 bits per heavy atom. The number of imide groups is 1. The van der Waals surface area contributed by atoms with Crippen LogP contribution in [0.5, 0.6) is 0 Å². The van der Waals surface area contributed by atoms with Gasteiger partial charge in [-0.15, -0.1) is 0 Å². The van der Waals surface area contributed by atoms with E-state index in [1.165, 1.54) is 6.92 Å². The Hall–Kier alpha value is -1.88. The molecule has 0 bridgehead atoms. The lowest BCUT2D eigenvalue weighted by atomic mass is 10.2. The number of nitrogens with zero attached hydrogens (tertiary/aromatic N) is 1. The fourth-order valence-electron chi connectivity index (χ4n) is 1.42. The van der Waals surface area contributed by atoms with E-state index in [9.17, 15) is 9.59 Å². The van der Waals surface area contributed by atoms with Crippen molar-refractivity contribution in [2.45, 2.75) is 26.5 Å². The molecule has 0 aliphatic rings. The normalized spacial score (nSPS) is 11.7. The van der Waals surface area contributed by atoms with Crippen LogP contribution in [0, 0.1) is 0 Å². The van der Waals surface area contributed by atoms with E-state index in [4.69, 9.17) is 10.5 Å². The molecule has 1 aromatic carbocycles. The molecule has 98 valence electrons. The average Bonchev–Trinajstić information content (AvgIpc) is 2.38. The largest absolute Gasteiger partial charge is 0.444 e. The minimum absolute atomic E-state index is 0.141. The van der Waals surface area contributed by atoms with Crippen LogP contribution in [0.25, 0.3) is 0 Å². The number of nitrogens with two attached hydrogens (primary N) is 1. The van der Waals surface area contributed by atoms with Gasteiger partial charge in [0, 0.05) is 6.54 Å². The van der Waals surface area contributed by atoms with Crippen LogP contribution in [-0.2, 0) is 16.1 Å². The van der Waals surface area contributed by atoms with Gasteiger partial charge >= 0.3 is 6.09 Å². The number of rotatable bonds is 4. The minimum atomic E-state index is -0.714. The quantitative estimate of drug-likeness (QED) is 0.879. The molecule has 0 spiro atoms. The first kappa shape index (κ1) is 14.2.